The van der Waals surface area contributed by atoms with Crippen molar-refractivity contribution in [1.82, 2.24) is 9.88 Å². The number of rotatable bonds is 6. The zero-order chi connectivity index (χ0) is 14.4. The Morgan fingerprint density at radius 3 is 2.90 bits per heavy atom. The number of thiazole rings is 1. The molecule has 5 nitrogen and oxygen atoms in total. The Bertz CT molecular complexity index is 428. The van der Waals surface area contributed by atoms with Gasteiger partial charge < -0.3 is 14.7 Å². The number of piperidine rings is 1. The summed E-state index contributed by atoms with van der Waals surface area (Å²) >= 11 is 1.49. The lowest BCUT2D eigenvalue weighted by molar-refractivity contribution is 0.00409. The van der Waals surface area contributed by atoms with Crippen LogP contribution >= 0.6 is 11.3 Å². The fourth-order valence-electron chi connectivity index (χ4n) is 2.27. The maximum Gasteiger partial charge on any atom is 0.265 e. The zero-order valence-corrected chi connectivity index (χ0v) is 12.7. The van der Waals surface area contributed by atoms with Crippen molar-refractivity contribution >= 4 is 17.2 Å². The fraction of sp³-hybridized carbons (Fsp3) is 0.714. The number of hydrogen-bond acceptors (Lipinski definition) is 5. The van der Waals surface area contributed by atoms with Crippen LogP contribution in [0.4, 0.5) is 0 Å². The van der Waals surface area contributed by atoms with Crippen molar-refractivity contribution in [3.8, 4) is 0 Å². The highest BCUT2D eigenvalue weighted by Crippen LogP contribution is 2.20. The summed E-state index contributed by atoms with van der Waals surface area (Å²) < 4.78 is 5.67. The van der Waals surface area contributed by atoms with Crippen LogP contribution in [-0.4, -0.2) is 53.3 Å². The van der Waals surface area contributed by atoms with Gasteiger partial charge >= 0.3 is 0 Å². The van der Waals surface area contributed by atoms with Gasteiger partial charge in [0, 0.05) is 26.3 Å². The summed E-state index contributed by atoms with van der Waals surface area (Å²) in [5.74, 6) is 0.0935. The first kappa shape index (κ1) is 15.4. The molecule has 1 amide bonds. The van der Waals surface area contributed by atoms with E-state index in [0.29, 0.717) is 13.0 Å². The van der Waals surface area contributed by atoms with Gasteiger partial charge in [0.15, 0.2) is 0 Å². The third-order valence-electron chi connectivity index (χ3n) is 3.45. The fourth-order valence-corrected chi connectivity index (χ4v) is 3.09. The second-order valence-electron chi connectivity index (χ2n) is 4.91. The van der Waals surface area contributed by atoms with E-state index in [1.165, 1.54) is 11.3 Å². The number of nitrogens with zero attached hydrogens (tertiary/aromatic N) is 2. The summed E-state index contributed by atoms with van der Waals surface area (Å²) in [6.45, 7) is 4.29. The first-order chi connectivity index (χ1) is 9.74. The molecule has 0 aliphatic carbocycles. The van der Waals surface area contributed by atoms with Crippen molar-refractivity contribution in [2.75, 3.05) is 26.3 Å². The van der Waals surface area contributed by atoms with E-state index in [9.17, 15) is 4.79 Å². The third-order valence-corrected chi connectivity index (χ3v) is 4.58. The molecule has 0 unspecified atom stereocenters. The van der Waals surface area contributed by atoms with Crippen LogP contribution in [0.15, 0.2) is 6.20 Å². The lowest BCUT2D eigenvalue weighted by Gasteiger charge is -2.31. The van der Waals surface area contributed by atoms with Gasteiger partial charge in [0.2, 0.25) is 0 Å². The van der Waals surface area contributed by atoms with Crippen LogP contribution in [0.5, 0.6) is 0 Å². The topological polar surface area (TPSA) is 62.7 Å². The van der Waals surface area contributed by atoms with Gasteiger partial charge in [0.1, 0.15) is 4.88 Å². The van der Waals surface area contributed by atoms with Gasteiger partial charge in [-0.3, -0.25) is 4.79 Å². The highest BCUT2D eigenvalue weighted by Gasteiger charge is 2.25. The SMILES string of the molecule is CCc1ncc(C(=O)N2CCC(OCCCO)CC2)s1. The number of carbonyl (C=O) groups excluding carboxylic acids is 1. The van der Waals surface area contributed by atoms with Gasteiger partial charge in [-0.25, -0.2) is 4.98 Å². The summed E-state index contributed by atoms with van der Waals surface area (Å²) in [7, 11) is 0. The van der Waals surface area contributed by atoms with Gasteiger partial charge in [-0.05, 0) is 25.7 Å². The number of likely N-dealkylation sites (tertiary alicyclic amines) is 1. The minimum absolute atomic E-state index is 0.0935. The van der Waals surface area contributed by atoms with Gasteiger partial charge in [-0.15, -0.1) is 11.3 Å². The summed E-state index contributed by atoms with van der Waals surface area (Å²) in [6, 6.07) is 0. The highest BCUT2D eigenvalue weighted by atomic mass is 32.1. The number of aryl methyl sites for hydroxylation is 1. The molecule has 6 heteroatoms. The monoisotopic (exact) mass is 298 g/mol. The Kier molecular flexibility index (Phi) is 5.94. The van der Waals surface area contributed by atoms with Gasteiger partial charge in [0.25, 0.3) is 5.91 Å². The number of aromatic nitrogens is 1. The van der Waals surface area contributed by atoms with Crippen LogP contribution in [0.3, 0.4) is 0 Å². The van der Waals surface area contributed by atoms with E-state index < -0.39 is 0 Å². The lowest BCUT2D eigenvalue weighted by atomic mass is 10.1. The average molecular weight is 298 g/mol. The van der Waals surface area contributed by atoms with Crippen molar-refractivity contribution in [3.05, 3.63) is 16.1 Å². The molecule has 1 aromatic rings. The molecule has 0 aromatic carbocycles. The first-order valence-electron chi connectivity index (χ1n) is 7.21. The predicted octanol–water partition coefficient (Wildman–Crippen LogP) is 1.71. The molecule has 0 bridgehead atoms. The quantitative estimate of drug-likeness (QED) is 0.812. The Labute approximate surface area is 123 Å². The van der Waals surface area contributed by atoms with Crippen molar-refractivity contribution < 1.29 is 14.6 Å². The molecule has 20 heavy (non-hydrogen) atoms. The van der Waals surface area contributed by atoms with Gasteiger partial charge in [0.05, 0.1) is 17.3 Å². The number of hydrogen-bond donors (Lipinski definition) is 1. The number of ether oxygens (including phenoxy) is 1. The Morgan fingerprint density at radius 2 is 2.30 bits per heavy atom. The summed E-state index contributed by atoms with van der Waals surface area (Å²) in [5, 5.41) is 9.73. The highest BCUT2D eigenvalue weighted by molar-refractivity contribution is 7.13. The second-order valence-corrected chi connectivity index (χ2v) is 6.03. The molecule has 2 heterocycles. The van der Waals surface area contributed by atoms with Crippen LogP contribution < -0.4 is 0 Å². The predicted molar refractivity (Wildman–Crippen MR) is 78.1 cm³/mol. The maximum absolute atomic E-state index is 12.3. The van der Waals surface area contributed by atoms with E-state index in [1.807, 2.05) is 11.8 Å². The Hall–Kier alpha value is -0.980. The molecule has 1 fully saturated rings. The van der Waals surface area contributed by atoms with Crippen LogP contribution in [0, 0.1) is 0 Å². The maximum atomic E-state index is 12.3. The minimum atomic E-state index is 0.0935. The van der Waals surface area contributed by atoms with Crippen LogP contribution in [0.2, 0.25) is 0 Å². The molecule has 0 spiro atoms. The second kappa shape index (κ2) is 7.71. The molecule has 1 aliphatic heterocycles. The summed E-state index contributed by atoms with van der Waals surface area (Å²) in [4.78, 5) is 19.2. The van der Waals surface area contributed by atoms with Gasteiger partial charge in [-0.2, -0.15) is 0 Å². The van der Waals surface area contributed by atoms with Crippen LogP contribution in [0.25, 0.3) is 0 Å². The molecule has 0 radical (unpaired) electrons. The minimum Gasteiger partial charge on any atom is -0.396 e. The van der Waals surface area contributed by atoms with Crippen molar-refractivity contribution in [2.45, 2.75) is 38.7 Å². The molecule has 0 saturated carbocycles. The number of aliphatic hydroxyl groups excluding tert-OH is 1. The van der Waals surface area contributed by atoms with Crippen molar-refractivity contribution in [1.29, 1.82) is 0 Å². The van der Waals surface area contributed by atoms with Crippen molar-refractivity contribution in [2.24, 2.45) is 0 Å². The molecule has 2 rings (SSSR count). The molecule has 1 saturated heterocycles. The molecule has 112 valence electrons. The zero-order valence-electron chi connectivity index (χ0n) is 11.9. The van der Waals surface area contributed by atoms with E-state index in [4.69, 9.17) is 9.84 Å². The first-order valence-corrected chi connectivity index (χ1v) is 8.02. The molecule has 1 N–H and O–H groups in total. The van der Waals surface area contributed by atoms with E-state index in [2.05, 4.69) is 4.98 Å². The molecule has 1 aromatic heterocycles. The van der Waals surface area contributed by atoms with Crippen molar-refractivity contribution in [3.63, 3.8) is 0 Å². The molecular formula is C14H22N2O3S. The normalized spacial score (nSPS) is 16.6. The molecular weight excluding hydrogens is 276 g/mol. The van der Waals surface area contributed by atoms with E-state index >= 15 is 0 Å². The Morgan fingerprint density at radius 1 is 1.55 bits per heavy atom. The summed E-state index contributed by atoms with van der Waals surface area (Å²) in [6.07, 6.45) is 5.21. The summed E-state index contributed by atoms with van der Waals surface area (Å²) in [5.41, 5.74) is 0. The average Bonchev–Trinajstić information content (AvgIpc) is 2.96. The number of carbonyl (C=O) groups is 1. The largest absolute Gasteiger partial charge is 0.396 e. The van der Waals surface area contributed by atoms with Crippen LogP contribution in [0.1, 0.15) is 40.9 Å². The smallest absolute Gasteiger partial charge is 0.265 e. The Balaban J connectivity index is 1.79. The molecule has 0 atom stereocenters. The standard InChI is InChI=1S/C14H22N2O3S/c1-2-13-15-10-12(20-13)14(18)16-6-4-11(5-7-16)19-9-3-8-17/h10-11,17H,2-9H2,1H3. The lowest BCUT2D eigenvalue weighted by Crippen LogP contribution is -2.40. The van der Waals surface area contributed by atoms with Crippen LogP contribution in [-0.2, 0) is 11.2 Å². The molecule has 1 aliphatic rings. The van der Waals surface area contributed by atoms with E-state index in [-0.39, 0.29) is 18.6 Å². The van der Waals surface area contributed by atoms with Gasteiger partial charge in [-0.1, -0.05) is 6.92 Å². The van der Waals surface area contributed by atoms with E-state index in [0.717, 1.165) is 42.2 Å². The number of aliphatic hydroxyl groups is 1. The third kappa shape index (κ3) is 4.01. The number of amides is 1. The van der Waals surface area contributed by atoms with E-state index in [1.54, 1.807) is 6.20 Å².